The van der Waals surface area contributed by atoms with Crippen molar-refractivity contribution in [1.29, 1.82) is 0 Å². The van der Waals surface area contributed by atoms with Crippen LogP contribution in [0.1, 0.15) is 26.7 Å². The van der Waals surface area contributed by atoms with Gasteiger partial charge >= 0.3 is 0 Å². The molecule has 5 heteroatoms. The molecule has 0 unspecified atom stereocenters. The molecule has 0 aromatic heterocycles. The fraction of sp³-hybridized carbons (Fsp3) is 0.600. The van der Waals surface area contributed by atoms with Crippen LogP contribution in [0.3, 0.4) is 0 Å². The molecule has 0 radical (unpaired) electrons. The molecule has 1 aromatic carbocycles. The summed E-state index contributed by atoms with van der Waals surface area (Å²) in [6, 6.07) is 7.48. The van der Waals surface area contributed by atoms with Crippen molar-refractivity contribution >= 4 is 17.4 Å². The quantitative estimate of drug-likeness (QED) is 0.828. The van der Waals surface area contributed by atoms with Crippen molar-refractivity contribution in [3.63, 3.8) is 0 Å². The molecule has 0 atom stereocenters. The van der Waals surface area contributed by atoms with Crippen molar-refractivity contribution in [3.05, 3.63) is 24.3 Å². The van der Waals surface area contributed by atoms with E-state index in [1.54, 1.807) is 6.07 Å². The van der Waals surface area contributed by atoms with Crippen LogP contribution in [-0.4, -0.2) is 30.9 Å². The molecular weight excluding hydrogens is 278 g/mol. The van der Waals surface area contributed by atoms with E-state index < -0.39 is 5.76 Å². The van der Waals surface area contributed by atoms with E-state index in [2.05, 4.69) is 24.1 Å². The lowest BCUT2D eigenvalue weighted by Gasteiger charge is -2.44. The summed E-state index contributed by atoms with van der Waals surface area (Å²) < 4.78 is 25.4. The number of hydrogen-bond acceptors (Lipinski definition) is 3. The standard InChI is InChI=1S/C15H22F2N2S/c1-3-15(4-2)11-19(10-9-18-15)12-7-5-6-8-13(12)20-14(16)17/h5-8,14,18H,3-4,9-11H2,1-2H3. The molecular formula is C15H22F2N2S. The number of halogens is 2. The Morgan fingerprint density at radius 3 is 2.65 bits per heavy atom. The summed E-state index contributed by atoms with van der Waals surface area (Å²) in [4.78, 5) is 2.92. The van der Waals surface area contributed by atoms with E-state index in [-0.39, 0.29) is 5.54 Å². The fourth-order valence-electron chi connectivity index (χ4n) is 2.80. The summed E-state index contributed by atoms with van der Waals surface area (Å²) in [5, 5.41) is 3.60. The second-order valence-electron chi connectivity index (χ2n) is 5.18. The van der Waals surface area contributed by atoms with Crippen molar-refractivity contribution in [3.8, 4) is 0 Å². The van der Waals surface area contributed by atoms with E-state index in [1.165, 1.54) is 0 Å². The fourth-order valence-corrected chi connectivity index (χ4v) is 3.47. The zero-order valence-corrected chi connectivity index (χ0v) is 12.9. The maximum atomic E-state index is 12.7. The van der Waals surface area contributed by atoms with Gasteiger partial charge in [-0.3, -0.25) is 0 Å². The SMILES string of the molecule is CCC1(CC)CN(c2ccccc2SC(F)F)CCN1. The Kier molecular flexibility index (Phi) is 5.27. The molecule has 112 valence electrons. The van der Waals surface area contributed by atoms with E-state index in [9.17, 15) is 8.78 Å². The Labute approximate surface area is 123 Å². The van der Waals surface area contributed by atoms with Gasteiger partial charge in [-0.1, -0.05) is 37.7 Å². The molecule has 1 N–H and O–H groups in total. The third-order valence-electron chi connectivity index (χ3n) is 4.15. The van der Waals surface area contributed by atoms with E-state index in [1.807, 2.05) is 18.2 Å². The Morgan fingerprint density at radius 2 is 2.00 bits per heavy atom. The Hall–Kier alpha value is -0.810. The molecule has 20 heavy (non-hydrogen) atoms. The second-order valence-corrected chi connectivity index (χ2v) is 6.21. The highest BCUT2D eigenvalue weighted by Gasteiger charge is 2.32. The number of nitrogens with zero attached hydrogens (tertiary/aromatic N) is 1. The van der Waals surface area contributed by atoms with Crippen LogP contribution in [0, 0.1) is 0 Å². The number of para-hydroxylation sites is 1. The first-order valence-electron chi connectivity index (χ1n) is 7.14. The molecule has 1 heterocycles. The minimum atomic E-state index is -2.37. The zero-order valence-electron chi connectivity index (χ0n) is 12.0. The lowest BCUT2D eigenvalue weighted by molar-refractivity contribution is 0.252. The monoisotopic (exact) mass is 300 g/mol. The number of alkyl halides is 2. The molecule has 1 aliphatic heterocycles. The van der Waals surface area contributed by atoms with Gasteiger partial charge in [0.1, 0.15) is 0 Å². The highest BCUT2D eigenvalue weighted by molar-refractivity contribution is 7.99. The molecule has 1 aliphatic rings. The van der Waals surface area contributed by atoms with Crippen molar-refractivity contribution in [2.75, 3.05) is 24.5 Å². The van der Waals surface area contributed by atoms with E-state index in [0.29, 0.717) is 16.7 Å². The van der Waals surface area contributed by atoms with Crippen molar-refractivity contribution in [2.24, 2.45) is 0 Å². The predicted octanol–water partition coefficient (Wildman–Crippen LogP) is 3.97. The molecule has 0 saturated carbocycles. The van der Waals surface area contributed by atoms with Gasteiger partial charge in [-0.2, -0.15) is 8.78 Å². The molecule has 0 amide bonds. The highest BCUT2D eigenvalue weighted by atomic mass is 32.2. The van der Waals surface area contributed by atoms with Gasteiger partial charge in [-0.25, -0.2) is 0 Å². The van der Waals surface area contributed by atoms with E-state index in [4.69, 9.17) is 0 Å². The molecule has 1 aromatic rings. The maximum absolute atomic E-state index is 12.7. The molecule has 2 nitrogen and oxygen atoms in total. The third-order valence-corrected chi connectivity index (χ3v) is 4.93. The number of anilines is 1. The normalized spacial score (nSPS) is 18.6. The van der Waals surface area contributed by atoms with E-state index in [0.717, 1.165) is 38.2 Å². The largest absolute Gasteiger partial charge is 0.368 e. The summed E-state index contributed by atoms with van der Waals surface area (Å²) in [5.41, 5.74) is 1.03. The summed E-state index contributed by atoms with van der Waals surface area (Å²) >= 11 is 0.639. The van der Waals surface area contributed by atoms with Gasteiger partial charge < -0.3 is 10.2 Å². The van der Waals surface area contributed by atoms with Crippen molar-refractivity contribution in [1.82, 2.24) is 5.32 Å². The summed E-state index contributed by atoms with van der Waals surface area (Å²) in [6.07, 6.45) is 2.09. The molecule has 1 saturated heterocycles. The van der Waals surface area contributed by atoms with Gasteiger partial charge in [-0.15, -0.1) is 0 Å². The van der Waals surface area contributed by atoms with Crippen molar-refractivity contribution < 1.29 is 8.78 Å². The summed E-state index contributed by atoms with van der Waals surface area (Å²) in [7, 11) is 0. The number of thioether (sulfide) groups is 1. The van der Waals surface area contributed by atoms with Crippen LogP contribution in [0.4, 0.5) is 14.5 Å². The lowest BCUT2D eigenvalue weighted by atomic mass is 9.90. The molecule has 0 bridgehead atoms. The van der Waals surface area contributed by atoms with Crippen LogP contribution in [0.2, 0.25) is 0 Å². The van der Waals surface area contributed by atoms with Gasteiger partial charge in [0.05, 0.1) is 5.69 Å². The van der Waals surface area contributed by atoms with Crippen LogP contribution in [-0.2, 0) is 0 Å². The first kappa shape index (κ1) is 15.6. The molecule has 0 aliphatic carbocycles. The minimum absolute atomic E-state index is 0.0981. The lowest BCUT2D eigenvalue weighted by Crippen LogP contribution is -2.60. The Bertz CT molecular complexity index is 436. The second kappa shape index (κ2) is 6.76. The average Bonchev–Trinajstić information content (AvgIpc) is 2.47. The van der Waals surface area contributed by atoms with Crippen LogP contribution in [0.25, 0.3) is 0 Å². The predicted molar refractivity (Wildman–Crippen MR) is 81.8 cm³/mol. The Morgan fingerprint density at radius 1 is 1.30 bits per heavy atom. The van der Waals surface area contributed by atoms with Gasteiger partial charge in [0, 0.05) is 30.1 Å². The number of hydrogen-bond donors (Lipinski definition) is 1. The number of nitrogens with one attached hydrogen (secondary N) is 1. The van der Waals surface area contributed by atoms with Crippen LogP contribution >= 0.6 is 11.8 Å². The average molecular weight is 300 g/mol. The van der Waals surface area contributed by atoms with Gasteiger partial charge in [0.15, 0.2) is 0 Å². The van der Waals surface area contributed by atoms with Gasteiger partial charge in [-0.05, 0) is 25.0 Å². The number of rotatable bonds is 5. The number of piperazine rings is 1. The maximum Gasteiger partial charge on any atom is 0.288 e. The summed E-state index contributed by atoms with van der Waals surface area (Å²) in [5.74, 6) is -2.37. The molecule has 0 spiro atoms. The molecule has 2 rings (SSSR count). The van der Waals surface area contributed by atoms with Crippen LogP contribution in [0.5, 0.6) is 0 Å². The zero-order chi connectivity index (χ0) is 14.6. The summed E-state index contributed by atoms with van der Waals surface area (Å²) in [6.45, 7) is 7.00. The molecule has 1 fully saturated rings. The minimum Gasteiger partial charge on any atom is -0.368 e. The topological polar surface area (TPSA) is 15.3 Å². The first-order valence-corrected chi connectivity index (χ1v) is 8.02. The Balaban J connectivity index is 2.22. The van der Waals surface area contributed by atoms with Gasteiger partial charge in [0.2, 0.25) is 0 Å². The van der Waals surface area contributed by atoms with Crippen molar-refractivity contribution in [2.45, 2.75) is 42.9 Å². The van der Waals surface area contributed by atoms with Gasteiger partial charge in [0.25, 0.3) is 5.76 Å². The highest BCUT2D eigenvalue weighted by Crippen LogP contribution is 2.35. The first-order chi connectivity index (χ1) is 9.60. The smallest absolute Gasteiger partial charge is 0.288 e. The van der Waals surface area contributed by atoms with E-state index >= 15 is 0 Å². The number of benzene rings is 1. The van der Waals surface area contributed by atoms with Crippen LogP contribution in [0.15, 0.2) is 29.2 Å². The van der Waals surface area contributed by atoms with Crippen LogP contribution < -0.4 is 10.2 Å². The third kappa shape index (κ3) is 3.44.